The summed E-state index contributed by atoms with van der Waals surface area (Å²) in [6.07, 6.45) is 2.89. The predicted octanol–water partition coefficient (Wildman–Crippen LogP) is 3.36. The molecule has 0 aliphatic carbocycles. The van der Waals surface area contributed by atoms with Gasteiger partial charge in [-0.3, -0.25) is 4.79 Å². The van der Waals surface area contributed by atoms with Crippen LogP contribution in [0.15, 0.2) is 28.7 Å². The van der Waals surface area contributed by atoms with E-state index in [4.69, 9.17) is 4.74 Å². The van der Waals surface area contributed by atoms with Crippen LogP contribution in [0.4, 0.5) is 0 Å². The van der Waals surface area contributed by atoms with E-state index in [2.05, 4.69) is 33.5 Å². The summed E-state index contributed by atoms with van der Waals surface area (Å²) in [4.78, 5) is 12.1. The number of ether oxygens (including phenoxy) is 1. The Morgan fingerprint density at radius 3 is 2.74 bits per heavy atom. The Hall–Kier alpha value is -1.07. The average Bonchev–Trinajstić information content (AvgIpc) is 2.56. The molecule has 0 spiro atoms. The van der Waals surface area contributed by atoms with Gasteiger partial charge < -0.3 is 15.4 Å². The Bertz CT molecular complexity index is 504. The highest BCUT2D eigenvalue weighted by Gasteiger charge is 2.22. The fourth-order valence-electron chi connectivity index (χ4n) is 3.00. The molecule has 1 aliphatic heterocycles. The van der Waals surface area contributed by atoms with Crippen molar-refractivity contribution >= 4 is 21.8 Å². The molecule has 5 heteroatoms. The Kier molecular flexibility index (Phi) is 7.37. The maximum Gasteiger partial charge on any atom is 0.220 e. The lowest BCUT2D eigenvalue weighted by atomic mass is 9.84. The van der Waals surface area contributed by atoms with E-state index < -0.39 is 0 Å². The zero-order chi connectivity index (χ0) is 16.7. The van der Waals surface area contributed by atoms with Crippen molar-refractivity contribution in [1.29, 1.82) is 0 Å². The smallest absolute Gasteiger partial charge is 0.220 e. The second-order valence-electron chi connectivity index (χ2n) is 6.43. The quantitative estimate of drug-likeness (QED) is 0.759. The van der Waals surface area contributed by atoms with Gasteiger partial charge in [0.05, 0.1) is 11.0 Å². The van der Waals surface area contributed by atoms with Crippen LogP contribution in [-0.4, -0.2) is 31.6 Å². The van der Waals surface area contributed by atoms with Crippen molar-refractivity contribution in [1.82, 2.24) is 10.6 Å². The van der Waals surface area contributed by atoms with E-state index in [9.17, 15) is 4.79 Å². The molecular formula is C18H27BrN2O2. The van der Waals surface area contributed by atoms with Crippen molar-refractivity contribution in [2.45, 2.75) is 39.2 Å². The standard InChI is InChI=1S/C18H27BrN2O2/c1-13(15-7-9-20-10-8-15)11-18(22)21-12-14(2)23-17-6-4-3-5-16(17)19/h3-6,13-15,20H,7-12H2,1-2H3,(H,21,22). The lowest BCUT2D eigenvalue weighted by Gasteiger charge is -2.28. The number of para-hydroxylation sites is 1. The molecule has 128 valence electrons. The minimum atomic E-state index is -0.0631. The number of nitrogens with one attached hydrogen (secondary N) is 2. The first-order valence-electron chi connectivity index (χ1n) is 8.45. The van der Waals surface area contributed by atoms with Gasteiger partial charge in [-0.25, -0.2) is 0 Å². The number of rotatable bonds is 7. The van der Waals surface area contributed by atoms with Crippen LogP contribution in [0.2, 0.25) is 0 Å². The lowest BCUT2D eigenvalue weighted by molar-refractivity contribution is -0.122. The van der Waals surface area contributed by atoms with Crippen LogP contribution in [0, 0.1) is 11.8 Å². The Morgan fingerprint density at radius 2 is 2.04 bits per heavy atom. The van der Waals surface area contributed by atoms with Gasteiger partial charge in [0.2, 0.25) is 5.91 Å². The zero-order valence-corrected chi connectivity index (χ0v) is 15.6. The van der Waals surface area contributed by atoms with E-state index in [1.165, 1.54) is 12.8 Å². The first-order valence-corrected chi connectivity index (χ1v) is 9.24. The van der Waals surface area contributed by atoms with Crippen LogP contribution in [0.1, 0.15) is 33.1 Å². The maximum atomic E-state index is 12.1. The van der Waals surface area contributed by atoms with Crippen molar-refractivity contribution in [3.8, 4) is 5.75 Å². The molecule has 23 heavy (non-hydrogen) atoms. The van der Waals surface area contributed by atoms with E-state index in [1.807, 2.05) is 31.2 Å². The third kappa shape index (κ3) is 6.15. The molecule has 1 aromatic carbocycles. The number of hydrogen-bond acceptors (Lipinski definition) is 3. The number of halogens is 1. The van der Waals surface area contributed by atoms with Gasteiger partial charge in [0, 0.05) is 6.42 Å². The van der Waals surface area contributed by atoms with Gasteiger partial charge >= 0.3 is 0 Å². The summed E-state index contributed by atoms with van der Waals surface area (Å²) in [5.74, 6) is 2.03. The molecule has 2 rings (SSSR count). The van der Waals surface area contributed by atoms with Crippen molar-refractivity contribution in [2.75, 3.05) is 19.6 Å². The molecule has 0 aromatic heterocycles. The van der Waals surface area contributed by atoms with Gasteiger partial charge in [-0.2, -0.15) is 0 Å². The van der Waals surface area contributed by atoms with Gasteiger partial charge in [-0.15, -0.1) is 0 Å². The molecule has 0 radical (unpaired) electrons. The van der Waals surface area contributed by atoms with Crippen molar-refractivity contribution in [2.24, 2.45) is 11.8 Å². The van der Waals surface area contributed by atoms with E-state index in [1.54, 1.807) is 0 Å². The highest BCUT2D eigenvalue weighted by molar-refractivity contribution is 9.10. The summed E-state index contributed by atoms with van der Waals surface area (Å²) >= 11 is 3.46. The Labute approximate surface area is 147 Å². The van der Waals surface area contributed by atoms with Crippen LogP contribution < -0.4 is 15.4 Å². The summed E-state index contributed by atoms with van der Waals surface area (Å²) in [5.41, 5.74) is 0. The van der Waals surface area contributed by atoms with Crippen LogP contribution >= 0.6 is 15.9 Å². The van der Waals surface area contributed by atoms with Crippen LogP contribution in [0.25, 0.3) is 0 Å². The number of carbonyl (C=O) groups excluding carboxylic acids is 1. The van der Waals surface area contributed by atoms with Gasteiger partial charge in [0.15, 0.2) is 0 Å². The third-order valence-electron chi connectivity index (χ3n) is 4.45. The van der Waals surface area contributed by atoms with Crippen LogP contribution in [0.5, 0.6) is 5.75 Å². The molecule has 1 heterocycles. The molecule has 1 saturated heterocycles. The largest absolute Gasteiger partial charge is 0.488 e. The minimum Gasteiger partial charge on any atom is -0.488 e. The van der Waals surface area contributed by atoms with Gasteiger partial charge in [-0.1, -0.05) is 19.1 Å². The number of carbonyl (C=O) groups is 1. The fourth-order valence-corrected chi connectivity index (χ4v) is 3.38. The summed E-state index contributed by atoms with van der Waals surface area (Å²) < 4.78 is 6.78. The van der Waals surface area contributed by atoms with E-state index in [0.717, 1.165) is 23.3 Å². The molecule has 0 bridgehead atoms. The number of amides is 1. The van der Waals surface area contributed by atoms with Crippen molar-refractivity contribution in [3.63, 3.8) is 0 Å². The summed E-state index contributed by atoms with van der Waals surface area (Å²) in [6, 6.07) is 7.75. The molecule has 1 fully saturated rings. The first kappa shape index (κ1) is 18.3. The van der Waals surface area contributed by atoms with Gasteiger partial charge in [0.25, 0.3) is 0 Å². The highest BCUT2D eigenvalue weighted by atomic mass is 79.9. The van der Waals surface area contributed by atoms with Crippen molar-refractivity contribution in [3.05, 3.63) is 28.7 Å². The van der Waals surface area contributed by atoms with E-state index in [0.29, 0.717) is 24.8 Å². The monoisotopic (exact) mass is 382 g/mol. The Balaban J connectivity index is 1.70. The second kappa shape index (κ2) is 9.28. The molecule has 2 N–H and O–H groups in total. The zero-order valence-electron chi connectivity index (χ0n) is 14.0. The fraction of sp³-hybridized carbons (Fsp3) is 0.611. The average molecular weight is 383 g/mol. The molecule has 1 aliphatic rings. The van der Waals surface area contributed by atoms with Gasteiger partial charge in [-0.05, 0) is 72.8 Å². The summed E-state index contributed by atoms with van der Waals surface area (Å²) in [5, 5.41) is 6.37. The normalized spacial score (nSPS) is 18.2. The SMILES string of the molecule is CC(CNC(=O)CC(C)C1CCNCC1)Oc1ccccc1Br. The molecule has 4 nitrogen and oxygen atoms in total. The summed E-state index contributed by atoms with van der Waals surface area (Å²) in [6.45, 7) is 6.84. The molecule has 2 atom stereocenters. The molecule has 2 unspecified atom stereocenters. The maximum absolute atomic E-state index is 12.1. The first-order chi connectivity index (χ1) is 11.1. The van der Waals surface area contributed by atoms with Crippen molar-refractivity contribution < 1.29 is 9.53 Å². The van der Waals surface area contributed by atoms with E-state index in [-0.39, 0.29) is 12.0 Å². The van der Waals surface area contributed by atoms with E-state index >= 15 is 0 Å². The van der Waals surface area contributed by atoms with Crippen LogP contribution in [-0.2, 0) is 4.79 Å². The second-order valence-corrected chi connectivity index (χ2v) is 7.29. The van der Waals surface area contributed by atoms with Gasteiger partial charge in [0.1, 0.15) is 11.9 Å². The molecule has 1 amide bonds. The summed E-state index contributed by atoms with van der Waals surface area (Å²) in [7, 11) is 0. The third-order valence-corrected chi connectivity index (χ3v) is 5.10. The molecular weight excluding hydrogens is 356 g/mol. The topological polar surface area (TPSA) is 50.4 Å². The molecule has 0 saturated carbocycles. The predicted molar refractivity (Wildman–Crippen MR) is 96.6 cm³/mol. The Morgan fingerprint density at radius 1 is 1.35 bits per heavy atom. The minimum absolute atomic E-state index is 0.0631. The number of hydrogen-bond donors (Lipinski definition) is 2. The number of piperidine rings is 1. The van der Waals surface area contributed by atoms with Crippen LogP contribution in [0.3, 0.4) is 0 Å². The highest BCUT2D eigenvalue weighted by Crippen LogP contribution is 2.25. The molecule has 1 aromatic rings. The lowest BCUT2D eigenvalue weighted by Crippen LogP contribution is -2.36. The number of benzene rings is 1.